The molecule has 7 nitrogen and oxygen atoms in total. The van der Waals surface area contributed by atoms with Crippen molar-refractivity contribution < 1.29 is 19.1 Å². The van der Waals surface area contributed by atoms with Crippen LogP contribution in [0.4, 0.5) is 0 Å². The van der Waals surface area contributed by atoms with Gasteiger partial charge in [0.05, 0.1) is 18.2 Å². The lowest BCUT2D eigenvalue weighted by Crippen LogP contribution is -2.45. The van der Waals surface area contributed by atoms with Gasteiger partial charge in [-0.15, -0.1) is 0 Å². The van der Waals surface area contributed by atoms with Gasteiger partial charge in [0.2, 0.25) is 17.7 Å². The first-order chi connectivity index (χ1) is 16.1. The topological polar surface area (TPSA) is 79.8 Å². The van der Waals surface area contributed by atoms with E-state index in [-0.39, 0.29) is 37.1 Å². The molecule has 1 aromatic heterocycles. The molecule has 0 N–H and O–H groups in total. The molecule has 3 fully saturated rings. The van der Waals surface area contributed by atoms with Crippen molar-refractivity contribution in [3.05, 3.63) is 60.4 Å². The number of aromatic nitrogens is 1. The first-order valence-electron chi connectivity index (χ1n) is 11.8. The zero-order valence-corrected chi connectivity index (χ0v) is 18.7. The van der Waals surface area contributed by atoms with Crippen LogP contribution in [-0.4, -0.2) is 58.2 Å². The van der Waals surface area contributed by atoms with Crippen molar-refractivity contribution in [3.8, 4) is 5.75 Å². The fourth-order valence-electron chi connectivity index (χ4n) is 5.68. The number of carbonyl (C=O) groups excluding carboxylic acids is 3. The van der Waals surface area contributed by atoms with E-state index in [9.17, 15) is 14.4 Å². The van der Waals surface area contributed by atoms with Crippen LogP contribution < -0.4 is 4.74 Å². The average Bonchev–Trinajstić information content (AvgIpc) is 3.53. The van der Waals surface area contributed by atoms with Gasteiger partial charge >= 0.3 is 0 Å². The van der Waals surface area contributed by atoms with Crippen LogP contribution in [0, 0.1) is 5.92 Å². The number of pyridine rings is 1. The van der Waals surface area contributed by atoms with E-state index in [0.29, 0.717) is 30.7 Å². The Kier molecular flexibility index (Phi) is 5.87. The minimum absolute atomic E-state index is 0.00559. The lowest BCUT2D eigenvalue weighted by atomic mass is 9.75. The van der Waals surface area contributed by atoms with E-state index in [0.717, 1.165) is 24.9 Å². The molecule has 0 spiro atoms. The quantitative estimate of drug-likeness (QED) is 0.459. The second-order valence-electron chi connectivity index (χ2n) is 9.42. The molecule has 1 saturated carbocycles. The predicted molar refractivity (Wildman–Crippen MR) is 121 cm³/mol. The molecule has 2 bridgehead atoms. The molecule has 2 saturated heterocycles. The summed E-state index contributed by atoms with van der Waals surface area (Å²) < 4.78 is 5.66. The van der Waals surface area contributed by atoms with Crippen LogP contribution in [0.1, 0.15) is 44.1 Å². The van der Waals surface area contributed by atoms with E-state index in [1.807, 2.05) is 41.3 Å². The summed E-state index contributed by atoms with van der Waals surface area (Å²) in [6, 6.07) is 13.2. The van der Waals surface area contributed by atoms with Crippen LogP contribution in [0.2, 0.25) is 0 Å². The Bertz CT molecular complexity index is 1030. The summed E-state index contributed by atoms with van der Waals surface area (Å²) >= 11 is 0. The standard InChI is InChI=1S/C26H29N3O4/c30-23-15-26(20-6-2-1-3-7-20,16-24(31)29-18-19-9-10-21(29)14-19)25(32)28(23)12-5-13-33-22-8-4-11-27-17-22/h1-4,6-8,11,17,19,21H,5,9-10,12-16,18H2. The number of fused-ring (bicyclic) bond motifs is 2. The Morgan fingerprint density at radius 1 is 1.12 bits per heavy atom. The van der Waals surface area contributed by atoms with Crippen molar-refractivity contribution in [2.24, 2.45) is 5.92 Å². The number of likely N-dealkylation sites (tertiary alicyclic amines) is 2. The SMILES string of the molecule is O=C1CC(CC(=O)N2CC3CCC2C3)(c2ccccc2)C(=O)N1CCCOc1cccnc1. The predicted octanol–water partition coefficient (Wildman–Crippen LogP) is 2.95. The van der Waals surface area contributed by atoms with Crippen LogP contribution in [0.25, 0.3) is 0 Å². The molecular weight excluding hydrogens is 418 g/mol. The molecule has 2 aromatic rings. The molecule has 33 heavy (non-hydrogen) atoms. The number of carbonyl (C=O) groups is 3. The number of ether oxygens (including phenoxy) is 1. The first-order valence-corrected chi connectivity index (χ1v) is 11.8. The summed E-state index contributed by atoms with van der Waals surface area (Å²) in [6.07, 6.45) is 7.20. The minimum atomic E-state index is -1.12. The third kappa shape index (κ3) is 4.12. The number of benzene rings is 1. The van der Waals surface area contributed by atoms with Crippen LogP contribution >= 0.6 is 0 Å². The molecule has 172 valence electrons. The normalized spacial score (nSPS) is 26.3. The number of nitrogens with zero attached hydrogens (tertiary/aromatic N) is 3. The summed E-state index contributed by atoms with van der Waals surface area (Å²) in [5, 5.41) is 0. The van der Waals surface area contributed by atoms with Gasteiger partial charge in [0.1, 0.15) is 5.75 Å². The van der Waals surface area contributed by atoms with Crippen LogP contribution in [0.3, 0.4) is 0 Å². The molecule has 0 radical (unpaired) electrons. The first kappa shape index (κ1) is 21.6. The maximum atomic E-state index is 13.7. The van der Waals surface area contributed by atoms with Crippen molar-refractivity contribution in [3.63, 3.8) is 0 Å². The van der Waals surface area contributed by atoms with E-state index in [4.69, 9.17) is 4.74 Å². The molecule has 3 heterocycles. The third-order valence-electron chi connectivity index (χ3n) is 7.35. The molecule has 1 aliphatic carbocycles. The Balaban J connectivity index is 1.30. The van der Waals surface area contributed by atoms with Crippen molar-refractivity contribution in [1.29, 1.82) is 0 Å². The Morgan fingerprint density at radius 3 is 2.67 bits per heavy atom. The maximum absolute atomic E-state index is 13.7. The van der Waals surface area contributed by atoms with Crippen molar-refractivity contribution in [2.75, 3.05) is 19.7 Å². The molecular formula is C26H29N3O4. The van der Waals surface area contributed by atoms with Crippen LogP contribution in [0.5, 0.6) is 5.75 Å². The summed E-state index contributed by atoms with van der Waals surface area (Å²) in [5.74, 6) is 0.747. The second-order valence-corrected chi connectivity index (χ2v) is 9.42. The van der Waals surface area contributed by atoms with Gasteiger partial charge in [-0.2, -0.15) is 0 Å². The molecule has 3 unspecified atom stereocenters. The number of piperidine rings is 1. The Hall–Kier alpha value is -3.22. The zero-order chi connectivity index (χ0) is 22.8. The molecule has 7 heteroatoms. The van der Waals surface area contributed by atoms with Crippen molar-refractivity contribution in [1.82, 2.24) is 14.8 Å². The van der Waals surface area contributed by atoms with Gasteiger partial charge in [-0.1, -0.05) is 30.3 Å². The van der Waals surface area contributed by atoms with E-state index in [1.54, 1.807) is 18.5 Å². The summed E-state index contributed by atoms with van der Waals surface area (Å²) in [6.45, 7) is 1.43. The molecule has 5 rings (SSSR count). The monoisotopic (exact) mass is 447 g/mol. The smallest absolute Gasteiger partial charge is 0.240 e. The highest BCUT2D eigenvalue weighted by Crippen LogP contribution is 2.43. The summed E-state index contributed by atoms with van der Waals surface area (Å²) in [5.41, 5.74) is -0.378. The number of hydrogen-bond acceptors (Lipinski definition) is 5. The van der Waals surface area contributed by atoms with Gasteiger partial charge in [-0.3, -0.25) is 24.3 Å². The van der Waals surface area contributed by atoms with Gasteiger partial charge in [0.15, 0.2) is 0 Å². The van der Waals surface area contributed by atoms with Gasteiger partial charge in [0, 0.05) is 38.2 Å². The average molecular weight is 448 g/mol. The van der Waals surface area contributed by atoms with Crippen LogP contribution in [0.15, 0.2) is 54.9 Å². The Labute approximate surface area is 193 Å². The van der Waals surface area contributed by atoms with Gasteiger partial charge in [0.25, 0.3) is 0 Å². The van der Waals surface area contributed by atoms with Crippen LogP contribution in [-0.2, 0) is 19.8 Å². The van der Waals surface area contributed by atoms with Gasteiger partial charge in [-0.05, 0) is 49.3 Å². The number of rotatable bonds is 8. The van der Waals surface area contributed by atoms with E-state index < -0.39 is 5.41 Å². The lowest BCUT2D eigenvalue weighted by Gasteiger charge is -2.32. The molecule has 2 aliphatic heterocycles. The molecule has 3 aliphatic rings. The van der Waals surface area contributed by atoms with Crippen molar-refractivity contribution in [2.45, 2.75) is 50.0 Å². The van der Waals surface area contributed by atoms with Crippen molar-refractivity contribution >= 4 is 17.7 Å². The van der Waals surface area contributed by atoms with E-state index in [2.05, 4.69) is 4.98 Å². The van der Waals surface area contributed by atoms with Gasteiger partial charge in [-0.25, -0.2) is 0 Å². The lowest BCUT2D eigenvalue weighted by molar-refractivity contribution is -0.143. The number of hydrogen-bond donors (Lipinski definition) is 0. The highest BCUT2D eigenvalue weighted by molar-refractivity contribution is 6.10. The zero-order valence-electron chi connectivity index (χ0n) is 18.7. The fraction of sp³-hybridized carbons (Fsp3) is 0.462. The van der Waals surface area contributed by atoms with E-state index >= 15 is 0 Å². The fourth-order valence-corrected chi connectivity index (χ4v) is 5.68. The largest absolute Gasteiger partial charge is 0.492 e. The highest BCUT2D eigenvalue weighted by atomic mass is 16.5. The second kappa shape index (κ2) is 8.96. The summed E-state index contributed by atoms with van der Waals surface area (Å²) in [4.78, 5) is 47.4. The molecule has 3 atom stereocenters. The van der Waals surface area contributed by atoms with E-state index in [1.165, 1.54) is 11.3 Å². The maximum Gasteiger partial charge on any atom is 0.240 e. The number of amides is 3. The Morgan fingerprint density at radius 2 is 1.97 bits per heavy atom. The highest BCUT2D eigenvalue weighted by Gasteiger charge is 2.54. The third-order valence-corrected chi connectivity index (χ3v) is 7.35. The molecule has 1 aromatic carbocycles. The summed E-state index contributed by atoms with van der Waals surface area (Å²) in [7, 11) is 0. The van der Waals surface area contributed by atoms with Gasteiger partial charge < -0.3 is 9.64 Å². The molecule has 3 amide bonds. The minimum Gasteiger partial charge on any atom is -0.492 e. The number of imide groups is 1.